The maximum absolute atomic E-state index is 15.1. The number of Topliss-reactive ketones (excluding diaryl/α,β-unsaturated/α-hetero) is 3. The Kier molecular flexibility index (Phi) is 32.7. The number of hydrogen-bond donors (Lipinski definition) is 5. The van der Waals surface area contributed by atoms with E-state index >= 15 is 9.59 Å². The maximum Gasteiger partial charge on any atom is 0.332 e. The molecule has 19 atom stereocenters. The Morgan fingerprint density at radius 3 is 2.32 bits per heavy atom. The molecule has 4 fully saturated rings. The zero-order chi connectivity index (χ0) is 69.5. The van der Waals surface area contributed by atoms with Crippen molar-refractivity contribution in [3.8, 4) is 0 Å². The van der Waals surface area contributed by atoms with Gasteiger partial charge in [-0.15, -0.1) is 0 Å². The quantitative estimate of drug-likeness (QED) is 0.0282. The van der Waals surface area contributed by atoms with Crippen LogP contribution in [0.5, 0.6) is 0 Å². The van der Waals surface area contributed by atoms with Gasteiger partial charge < -0.3 is 68.4 Å². The highest BCUT2D eigenvalue weighted by Crippen LogP contribution is 2.39. The van der Waals surface area contributed by atoms with E-state index in [1.54, 1.807) is 74.0 Å². The van der Waals surface area contributed by atoms with E-state index in [0.717, 1.165) is 16.5 Å². The second-order valence-corrected chi connectivity index (χ2v) is 27.5. The van der Waals surface area contributed by atoms with Crippen molar-refractivity contribution in [1.82, 2.24) is 20.3 Å². The van der Waals surface area contributed by atoms with Crippen LogP contribution in [-0.4, -0.2) is 191 Å². The molecule has 5 aliphatic rings. The van der Waals surface area contributed by atoms with Crippen LogP contribution in [0.3, 0.4) is 0 Å². The number of esters is 2. The van der Waals surface area contributed by atoms with Crippen LogP contribution >= 0.6 is 12.2 Å². The Labute approximate surface area is 560 Å². The molecule has 1 unspecified atom stereocenters. The van der Waals surface area contributed by atoms with Gasteiger partial charge in [-0.25, -0.2) is 22.4 Å². The number of rotatable bonds is 19. The van der Waals surface area contributed by atoms with Crippen LogP contribution in [0.2, 0.25) is 0 Å². The number of nitrogens with zero attached hydrogens (tertiary/aromatic N) is 1. The first-order valence-corrected chi connectivity index (χ1v) is 34.8. The molecule has 0 radical (unpaired) electrons. The van der Waals surface area contributed by atoms with E-state index in [2.05, 4.69) is 15.4 Å². The number of thiocarbonyl (C=S) groups is 1. The molecule has 1 saturated carbocycles. The molecule has 2 bridgehead atoms. The number of cyclic esters (lactones) is 1. The molecule has 0 aromatic heterocycles. The second kappa shape index (κ2) is 38.6. The van der Waals surface area contributed by atoms with Crippen molar-refractivity contribution in [2.75, 3.05) is 47.6 Å². The van der Waals surface area contributed by atoms with Gasteiger partial charge >= 0.3 is 11.9 Å². The lowest BCUT2D eigenvalue weighted by Crippen LogP contribution is -2.61. The number of carbonyl (C=O) groups is 6. The SMILES string of the molecule is C/C=C\C(=O)O[C@@H]1O[C@@H](O[C@@H]2/C(C)=C/[C@@H](C)C(=O)CC([C@H](C)C[C@@H]3CC[C@@H](OC/C=C/CO)[C@H](OC)C3)OC(=O)[C@@H]3CCCCN3C(=O)C(=O)[C@]3(O)O[C@@H](CC[C@H]3C)C[C@H](OC)/C(C)=C/C=C/C=C/[C@@H](C)C[C@@H](C)C(=O)[C@@H]2OC)[C@H](NC(=S)NCC)[C@H]1NS(=O)(=O)/C=C/F. The predicted molar refractivity (Wildman–Crippen MR) is 353 cm³/mol. The highest BCUT2D eigenvalue weighted by Gasteiger charge is 2.54. The highest BCUT2D eigenvalue weighted by molar-refractivity contribution is 7.92. The molecule has 0 aromatic rings. The van der Waals surface area contributed by atoms with Crippen LogP contribution in [0.4, 0.5) is 4.39 Å². The Balaban J connectivity index is 1.64. The van der Waals surface area contributed by atoms with Gasteiger partial charge in [0.2, 0.25) is 22.1 Å². The number of ketones is 3. The smallest absolute Gasteiger partial charge is 0.332 e. The number of sulfonamides is 1. The van der Waals surface area contributed by atoms with Crippen LogP contribution in [-0.2, 0) is 81.4 Å². The van der Waals surface area contributed by atoms with Crippen LogP contribution in [0.1, 0.15) is 139 Å². The molecule has 0 spiro atoms. The predicted octanol–water partition coefficient (Wildman–Crippen LogP) is 7.16. The van der Waals surface area contributed by atoms with Gasteiger partial charge in [0, 0.05) is 71.1 Å². The number of methoxy groups -OCH3 is 3. The number of hydrogen-bond acceptors (Lipinski definition) is 20. The number of amides is 1. The van der Waals surface area contributed by atoms with Gasteiger partial charge in [0.05, 0.1) is 49.4 Å². The van der Waals surface area contributed by atoms with Crippen molar-refractivity contribution in [3.63, 3.8) is 0 Å². The fourth-order valence-electron chi connectivity index (χ4n) is 13.0. The summed E-state index contributed by atoms with van der Waals surface area (Å²) in [5, 5.41) is 27.6. The average molecular weight is 1360 g/mol. The third kappa shape index (κ3) is 22.7. The third-order valence-electron chi connectivity index (χ3n) is 18.3. The normalized spacial score (nSPS) is 35.9. The van der Waals surface area contributed by atoms with Crippen LogP contribution in [0, 0.1) is 35.5 Å². The van der Waals surface area contributed by atoms with Gasteiger partial charge in [-0.3, -0.25) is 19.2 Å². The molecule has 26 heteroatoms. The summed E-state index contributed by atoms with van der Waals surface area (Å²) in [5.41, 5.74) is 1.07. The Morgan fingerprint density at radius 1 is 0.904 bits per heavy atom. The zero-order valence-corrected chi connectivity index (χ0v) is 58.2. The van der Waals surface area contributed by atoms with Gasteiger partial charge in [0.1, 0.15) is 42.2 Å². The molecule has 5 N–H and O–H groups in total. The molecular formula is C68H103FN4O19S2. The number of aliphatic hydroxyl groups excluding tert-OH is 1. The molecule has 23 nitrogen and oxygen atoms in total. The first kappa shape index (κ1) is 79.5. The minimum atomic E-state index is -4.61. The minimum Gasteiger partial charge on any atom is -0.460 e. The van der Waals surface area contributed by atoms with E-state index in [1.165, 1.54) is 13.2 Å². The maximum atomic E-state index is 15.1. The van der Waals surface area contributed by atoms with E-state index in [1.807, 2.05) is 51.2 Å². The molecule has 4 aliphatic heterocycles. The number of nitrogens with one attached hydrogen (secondary N) is 3. The largest absolute Gasteiger partial charge is 0.460 e. The van der Waals surface area contributed by atoms with Crippen molar-refractivity contribution in [2.45, 2.75) is 219 Å². The standard InChI is InChI=1S/C68H103FN4O19S2/c1-13-22-56(76)89-66-58(72-94(82,83)34-30-69)57(71-67(93)70-14-2)65(91-66)90-60-46(8)36-43(5)51(75)40-54(44(6)37-48-27-29-52(55(38-48)85-11)87-33-21-20-32-74)88-64(80)50-25-18-19-31-73(50)63(79)62(78)68(81)47(9)26-28-49(92-68)39-53(84-10)42(4)24-17-15-16-23-41(3)35-45(7)59(77)61(60)86-12/h13,15-17,20-24,30,34,36,41,43-45,47-50,52-55,57-58,60-61,65-66,72,74,81H,14,18-19,25-29,31-33,35,37-40H2,1-12H3,(H2,70,71,93)/b17-15+,21-20+,22-13-,23-16+,34-30+,42-24+,46-36+/t41-,43-,44-,45-,47-,48+,49+,50+,52-,53+,54?,55-,57-,58-,60-,61+,65-,66-,68-/m1/s1. The molecule has 528 valence electrons. The number of fused-ring (bicyclic) bond motifs is 3. The van der Waals surface area contributed by atoms with Crippen molar-refractivity contribution >= 4 is 62.5 Å². The summed E-state index contributed by atoms with van der Waals surface area (Å²) >= 11 is 5.59. The minimum absolute atomic E-state index is 0.00210. The number of allylic oxidation sites excluding steroid dienone is 7. The topological polar surface area (TPSA) is 299 Å². The molecule has 3 saturated heterocycles. The van der Waals surface area contributed by atoms with Gasteiger partial charge in [-0.1, -0.05) is 89.3 Å². The summed E-state index contributed by atoms with van der Waals surface area (Å²) in [6.45, 7) is 16.1. The first-order valence-electron chi connectivity index (χ1n) is 32.9. The second-order valence-electron chi connectivity index (χ2n) is 25.5. The molecule has 1 aliphatic carbocycles. The van der Waals surface area contributed by atoms with Crippen LogP contribution < -0.4 is 15.4 Å². The molecule has 94 heavy (non-hydrogen) atoms. The third-order valence-corrected chi connectivity index (χ3v) is 19.6. The van der Waals surface area contributed by atoms with Crippen LogP contribution in [0.15, 0.2) is 83.6 Å². The van der Waals surface area contributed by atoms with Crippen molar-refractivity contribution in [3.05, 3.63) is 83.6 Å². The fourth-order valence-corrected chi connectivity index (χ4v) is 14.1. The summed E-state index contributed by atoms with van der Waals surface area (Å²) in [4.78, 5) is 88.5. The van der Waals surface area contributed by atoms with Crippen molar-refractivity contribution < 1.29 is 94.4 Å². The van der Waals surface area contributed by atoms with E-state index < -0.39 is 136 Å². The van der Waals surface area contributed by atoms with Gasteiger partial charge in [-0.2, -0.15) is 4.72 Å². The molecule has 4 heterocycles. The van der Waals surface area contributed by atoms with Crippen molar-refractivity contribution in [1.29, 1.82) is 0 Å². The number of carbonyl (C=O) groups excluding carboxylic acids is 6. The first-order chi connectivity index (χ1) is 44.7. The number of piperidine rings is 1. The van der Waals surface area contributed by atoms with E-state index in [-0.39, 0.29) is 85.5 Å². The number of ether oxygens (including phenoxy) is 9. The lowest BCUT2D eigenvalue weighted by Gasteiger charge is -2.42. The molecule has 1 amide bonds. The highest BCUT2D eigenvalue weighted by atomic mass is 32.2. The number of halogens is 1. The Morgan fingerprint density at radius 2 is 1.65 bits per heavy atom. The van der Waals surface area contributed by atoms with Gasteiger partial charge in [0.25, 0.3) is 11.7 Å². The van der Waals surface area contributed by atoms with Crippen molar-refractivity contribution in [2.24, 2.45) is 35.5 Å². The van der Waals surface area contributed by atoms with E-state index in [9.17, 15) is 42.2 Å². The monoisotopic (exact) mass is 1360 g/mol. The van der Waals surface area contributed by atoms with Gasteiger partial charge in [-0.05, 0) is 133 Å². The lowest BCUT2D eigenvalue weighted by molar-refractivity contribution is -0.265. The van der Waals surface area contributed by atoms with E-state index in [0.29, 0.717) is 64.3 Å². The van der Waals surface area contributed by atoms with Gasteiger partial charge in [0.15, 0.2) is 17.2 Å². The fraction of sp³-hybridized carbons (Fsp3) is 0.691. The summed E-state index contributed by atoms with van der Waals surface area (Å²) in [6.07, 6.45) is 11.9. The molecule has 0 aromatic carbocycles. The molecule has 5 rings (SSSR count). The summed E-state index contributed by atoms with van der Waals surface area (Å²) < 4.78 is 98.0. The Hall–Kier alpha value is -5.23. The van der Waals surface area contributed by atoms with Crippen LogP contribution in [0.25, 0.3) is 0 Å². The zero-order valence-electron chi connectivity index (χ0n) is 56.6. The van der Waals surface area contributed by atoms with E-state index in [4.69, 9.17) is 54.8 Å². The average Bonchev–Trinajstić information content (AvgIpc) is 1.17. The lowest BCUT2D eigenvalue weighted by atomic mass is 9.78. The summed E-state index contributed by atoms with van der Waals surface area (Å²) in [7, 11) is -0.144. The molecular weight excluding hydrogens is 1260 g/mol. The Bertz CT molecular complexity index is 2880. The summed E-state index contributed by atoms with van der Waals surface area (Å²) in [5.74, 6) is -10.6. The number of aliphatic hydroxyl groups is 2. The summed E-state index contributed by atoms with van der Waals surface area (Å²) in [6, 6.07) is -4.20.